The highest BCUT2D eigenvalue weighted by atomic mass is 16.4. The van der Waals surface area contributed by atoms with Gasteiger partial charge in [-0.2, -0.15) is 0 Å². The van der Waals surface area contributed by atoms with E-state index >= 15 is 0 Å². The SMILES string of the molecule is CCC(C)N1C2CCCCC2C2CC(c3nnc(C4CCC5C6CCC(c7nnc(C8CCCC9CCCCC98)o7)CC6C(C)(C)C5C4)o3)CCC21. The third kappa shape index (κ3) is 5.72. The molecule has 1 aliphatic heterocycles. The van der Waals surface area contributed by atoms with Crippen molar-refractivity contribution in [3.63, 3.8) is 0 Å². The standard InChI is InChI=1S/C45H69N5O2/c1-5-26(2)50-39-16-9-8-14-34(39)36-23-28(19-22-40(36)50)41-46-47-42(51-41)29-17-20-32-33-21-18-30(25-38(33)45(3,4)37(32)24-29)43-48-49-44(52-43)35-15-10-12-27-11-6-7-13-31(27)35/h26-40H,5-25H2,1-4H3. The fourth-order valence-corrected chi connectivity index (χ4v) is 15.6. The van der Waals surface area contributed by atoms with Gasteiger partial charge in [0.2, 0.25) is 23.6 Å². The minimum absolute atomic E-state index is 0.302. The summed E-state index contributed by atoms with van der Waals surface area (Å²) in [7, 11) is 0. The molecule has 0 amide bonds. The monoisotopic (exact) mass is 712 g/mol. The van der Waals surface area contributed by atoms with E-state index in [0.717, 1.165) is 83.0 Å². The molecule has 0 bridgehead atoms. The van der Waals surface area contributed by atoms with Crippen LogP contribution in [-0.4, -0.2) is 43.4 Å². The molecular weight excluding hydrogens is 643 g/mol. The molecule has 15 atom stereocenters. The van der Waals surface area contributed by atoms with E-state index in [1.165, 1.54) is 135 Å². The predicted molar refractivity (Wildman–Crippen MR) is 203 cm³/mol. The van der Waals surface area contributed by atoms with Gasteiger partial charge in [0.15, 0.2) is 0 Å². The summed E-state index contributed by atoms with van der Waals surface area (Å²) in [6, 6.07) is 2.29. The zero-order valence-corrected chi connectivity index (χ0v) is 33.1. The lowest BCUT2D eigenvalue weighted by molar-refractivity contribution is 0.0880. The van der Waals surface area contributed by atoms with E-state index in [-0.39, 0.29) is 0 Å². The van der Waals surface area contributed by atoms with Crippen LogP contribution in [-0.2, 0) is 0 Å². The molecule has 0 N–H and O–H groups in total. The van der Waals surface area contributed by atoms with Crippen molar-refractivity contribution in [2.45, 2.75) is 204 Å². The summed E-state index contributed by atoms with van der Waals surface area (Å²) >= 11 is 0. The Bertz CT molecular complexity index is 1550. The summed E-state index contributed by atoms with van der Waals surface area (Å²) in [6.45, 7) is 10.1. The summed E-state index contributed by atoms with van der Waals surface area (Å²) in [5, 5.41) is 19.3. The van der Waals surface area contributed by atoms with Crippen molar-refractivity contribution in [1.29, 1.82) is 0 Å². The molecule has 7 heteroatoms. The van der Waals surface area contributed by atoms with Crippen LogP contribution in [0, 0.1) is 52.8 Å². The second-order valence-corrected chi connectivity index (χ2v) is 20.5. The second-order valence-electron chi connectivity index (χ2n) is 20.5. The van der Waals surface area contributed by atoms with Crippen molar-refractivity contribution in [3.8, 4) is 0 Å². The van der Waals surface area contributed by atoms with E-state index in [9.17, 15) is 0 Å². The molecule has 10 rings (SSSR count). The first-order valence-corrected chi connectivity index (χ1v) is 22.8. The smallest absolute Gasteiger partial charge is 0.219 e. The lowest BCUT2D eigenvalue weighted by Crippen LogP contribution is -2.45. The molecule has 286 valence electrons. The van der Waals surface area contributed by atoms with Crippen LogP contribution in [0.2, 0.25) is 0 Å². The van der Waals surface area contributed by atoms with Gasteiger partial charge in [-0.1, -0.05) is 65.7 Å². The third-order valence-corrected chi connectivity index (χ3v) is 18.2. The van der Waals surface area contributed by atoms with Crippen LogP contribution in [0.1, 0.15) is 210 Å². The highest BCUT2D eigenvalue weighted by Gasteiger charge is 2.59. The predicted octanol–water partition coefficient (Wildman–Crippen LogP) is 11.2. The number of nitrogens with zero attached hydrogens (tertiary/aromatic N) is 5. The molecule has 52 heavy (non-hydrogen) atoms. The van der Waals surface area contributed by atoms with Crippen LogP contribution in [0.4, 0.5) is 0 Å². The Labute approximate surface area is 314 Å². The highest BCUT2D eigenvalue weighted by Crippen LogP contribution is 2.66. The Balaban J connectivity index is 0.801. The van der Waals surface area contributed by atoms with Gasteiger partial charge in [0.05, 0.1) is 0 Å². The number of likely N-dealkylation sites (tertiary alicyclic amines) is 1. The maximum atomic E-state index is 6.77. The Kier molecular flexibility index (Phi) is 9.19. The zero-order chi connectivity index (χ0) is 35.1. The fourth-order valence-electron chi connectivity index (χ4n) is 15.6. The average molecular weight is 712 g/mol. The summed E-state index contributed by atoms with van der Waals surface area (Å²) in [4.78, 5) is 2.99. The normalized spacial score (nSPS) is 45.0. The molecule has 1 saturated heterocycles. The Morgan fingerprint density at radius 1 is 0.558 bits per heavy atom. The number of fused-ring (bicyclic) bond motifs is 7. The molecule has 8 fully saturated rings. The minimum Gasteiger partial charge on any atom is -0.425 e. The van der Waals surface area contributed by atoms with Crippen molar-refractivity contribution in [1.82, 2.24) is 25.3 Å². The number of hydrogen-bond donors (Lipinski definition) is 0. The van der Waals surface area contributed by atoms with Gasteiger partial charge in [-0.3, -0.25) is 4.90 Å². The lowest BCUT2D eigenvalue weighted by atomic mass is 9.65. The van der Waals surface area contributed by atoms with E-state index in [1.54, 1.807) is 0 Å². The molecule has 2 aromatic heterocycles. The van der Waals surface area contributed by atoms with Gasteiger partial charge in [-0.05, 0) is 150 Å². The Morgan fingerprint density at radius 3 is 1.79 bits per heavy atom. The minimum atomic E-state index is 0.302. The molecular formula is C45H69N5O2. The van der Waals surface area contributed by atoms with Crippen LogP contribution in [0.15, 0.2) is 8.83 Å². The Morgan fingerprint density at radius 2 is 1.10 bits per heavy atom. The zero-order valence-electron chi connectivity index (χ0n) is 33.1. The number of aromatic nitrogens is 4. The van der Waals surface area contributed by atoms with Gasteiger partial charge in [0.1, 0.15) is 0 Å². The second kappa shape index (κ2) is 13.8. The van der Waals surface area contributed by atoms with E-state index < -0.39 is 0 Å². The number of rotatable bonds is 6. The van der Waals surface area contributed by atoms with Crippen molar-refractivity contribution in [3.05, 3.63) is 23.6 Å². The molecule has 7 aliphatic carbocycles. The van der Waals surface area contributed by atoms with Crippen LogP contribution >= 0.6 is 0 Å². The van der Waals surface area contributed by atoms with Gasteiger partial charge in [-0.15, -0.1) is 20.4 Å². The third-order valence-electron chi connectivity index (χ3n) is 18.2. The summed E-state index contributed by atoms with van der Waals surface area (Å²) in [5.74, 6) is 12.2. The van der Waals surface area contributed by atoms with Gasteiger partial charge >= 0.3 is 0 Å². The maximum absolute atomic E-state index is 6.77. The summed E-state index contributed by atoms with van der Waals surface area (Å²) in [5.41, 5.74) is 0.302. The molecule has 8 aliphatic rings. The fraction of sp³-hybridized carbons (Fsp3) is 0.911. The van der Waals surface area contributed by atoms with Gasteiger partial charge in [0.25, 0.3) is 0 Å². The van der Waals surface area contributed by atoms with Gasteiger partial charge in [0, 0.05) is 41.8 Å². The quantitative estimate of drug-likeness (QED) is 0.295. The van der Waals surface area contributed by atoms with Crippen LogP contribution in [0.5, 0.6) is 0 Å². The van der Waals surface area contributed by atoms with Crippen molar-refractivity contribution in [2.75, 3.05) is 0 Å². The highest BCUT2D eigenvalue weighted by molar-refractivity contribution is 5.13. The molecule has 0 aromatic carbocycles. The average Bonchev–Trinajstić information content (AvgIpc) is 3.98. The first-order chi connectivity index (χ1) is 25.4. The van der Waals surface area contributed by atoms with Gasteiger partial charge < -0.3 is 8.83 Å². The van der Waals surface area contributed by atoms with Crippen LogP contribution in [0.3, 0.4) is 0 Å². The summed E-state index contributed by atoms with van der Waals surface area (Å²) in [6.07, 6.45) is 27.8. The van der Waals surface area contributed by atoms with Crippen molar-refractivity contribution >= 4 is 0 Å². The largest absolute Gasteiger partial charge is 0.425 e. The lowest BCUT2D eigenvalue weighted by Gasteiger charge is -2.40. The van der Waals surface area contributed by atoms with E-state index in [2.05, 4.69) is 32.6 Å². The topological polar surface area (TPSA) is 81.1 Å². The van der Waals surface area contributed by atoms with Crippen LogP contribution < -0.4 is 0 Å². The molecule has 0 radical (unpaired) electrons. The van der Waals surface area contributed by atoms with Crippen LogP contribution in [0.25, 0.3) is 0 Å². The summed E-state index contributed by atoms with van der Waals surface area (Å²) < 4.78 is 13.5. The first kappa shape index (κ1) is 34.7. The number of hydrogen-bond acceptors (Lipinski definition) is 7. The Hall–Kier alpha value is -1.76. The van der Waals surface area contributed by atoms with E-state index in [4.69, 9.17) is 29.2 Å². The molecule has 7 saturated carbocycles. The molecule has 15 unspecified atom stereocenters. The van der Waals surface area contributed by atoms with Gasteiger partial charge in [-0.25, -0.2) is 0 Å². The molecule has 7 nitrogen and oxygen atoms in total. The molecule has 2 aromatic rings. The maximum Gasteiger partial charge on any atom is 0.219 e. The molecule has 0 spiro atoms. The van der Waals surface area contributed by atoms with Crippen molar-refractivity contribution in [2.24, 2.45) is 52.8 Å². The molecule has 3 heterocycles. The van der Waals surface area contributed by atoms with E-state index in [1.807, 2.05) is 0 Å². The first-order valence-electron chi connectivity index (χ1n) is 22.8. The van der Waals surface area contributed by atoms with Crippen molar-refractivity contribution < 1.29 is 8.83 Å². The van der Waals surface area contributed by atoms with E-state index in [0.29, 0.717) is 35.1 Å².